The van der Waals surface area contributed by atoms with Gasteiger partial charge in [0.1, 0.15) is 13.2 Å². The lowest BCUT2D eigenvalue weighted by atomic mass is 9.96. The van der Waals surface area contributed by atoms with Gasteiger partial charge in [0, 0.05) is 0 Å². The summed E-state index contributed by atoms with van der Waals surface area (Å²) in [6.45, 7) is 5.01. The second-order valence-corrected chi connectivity index (χ2v) is 10.8. The van der Waals surface area contributed by atoms with Crippen molar-refractivity contribution in [3.8, 4) is 0 Å². The SMILES string of the molecule is Cc1ccc(S(=O)(=O)C(C(C)C)C(C(=O)OCc2ccccc2)C(=O)OCc2ccccc2)cc1. The van der Waals surface area contributed by atoms with E-state index in [-0.39, 0.29) is 18.1 Å². The molecule has 7 heteroatoms. The number of hydrogen-bond donors (Lipinski definition) is 0. The normalized spacial score (nSPS) is 12.4. The molecule has 0 fully saturated rings. The highest BCUT2D eigenvalue weighted by Crippen LogP contribution is 2.30. The summed E-state index contributed by atoms with van der Waals surface area (Å²) in [6.07, 6.45) is 0. The van der Waals surface area contributed by atoms with Crippen molar-refractivity contribution < 1.29 is 27.5 Å². The summed E-state index contributed by atoms with van der Waals surface area (Å²) in [5.74, 6) is -4.07. The molecule has 1 atom stereocenters. The molecule has 0 aliphatic heterocycles. The van der Waals surface area contributed by atoms with Crippen molar-refractivity contribution in [2.75, 3.05) is 0 Å². The number of benzene rings is 3. The van der Waals surface area contributed by atoms with Gasteiger partial charge < -0.3 is 9.47 Å². The van der Waals surface area contributed by atoms with Gasteiger partial charge in [0.25, 0.3) is 0 Å². The highest BCUT2D eigenvalue weighted by Gasteiger charge is 2.47. The lowest BCUT2D eigenvalue weighted by Gasteiger charge is -2.27. The summed E-state index contributed by atoms with van der Waals surface area (Å²) in [7, 11) is -4.07. The number of esters is 2. The van der Waals surface area contributed by atoms with E-state index < -0.39 is 38.9 Å². The number of rotatable bonds is 10. The molecular weight excluding hydrogens is 464 g/mol. The average molecular weight is 495 g/mol. The van der Waals surface area contributed by atoms with E-state index in [1.54, 1.807) is 74.5 Å². The third-order valence-corrected chi connectivity index (χ3v) is 8.11. The van der Waals surface area contributed by atoms with Crippen LogP contribution in [0.15, 0.2) is 89.8 Å². The average Bonchev–Trinajstić information content (AvgIpc) is 2.85. The molecule has 0 spiro atoms. The van der Waals surface area contributed by atoms with Gasteiger partial charge in [-0.05, 0) is 36.1 Å². The van der Waals surface area contributed by atoms with E-state index in [9.17, 15) is 18.0 Å². The van der Waals surface area contributed by atoms with Crippen LogP contribution in [0.25, 0.3) is 0 Å². The number of ether oxygens (including phenoxy) is 2. The minimum Gasteiger partial charge on any atom is -0.460 e. The van der Waals surface area contributed by atoms with Crippen molar-refractivity contribution in [3.05, 3.63) is 102 Å². The number of aryl methyl sites for hydroxylation is 1. The Morgan fingerprint density at radius 3 is 1.54 bits per heavy atom. The Kier molecular flexibility index (Phi) is 8.82. The van der Waals surface area contributed by atoms with Crippen LogP contribution < -0.4 is 0 Å². The predicted molar refractivity (Wildman–Crippen MR) is 133 cm³/mol. The third-order valence-electron chi connectivity index (χ3n) is 5.65. The summed E-state index contributed by atoms with van der Waals surface area (Å²) in [4.78, 5) is 26.6. The zero-order valence-corrected chi connectivity index (χ0v) is 20.9. The van der Waals surface area contributed by atoms with E-state index in [2.05, 4.69) is 0 Å². The van der Waals surface area contributed by atoms with Crippen molar-refractivity contribution in [2.45, 2.75) is 44.1 Å². The molecule has 0 heterocycles. The van der Waals surface area contributed by atoms with Crippen LogP contribution in [0.2, 0.25) is 0 Å². The first-order valence-electron chi connectivity index (χ1n) is 11.4. The van der Waals surface area contributed by atoms with Crippen molar-refractivity contribution in [3.63, 3.8) is 0 Å². The molecule has 0 aliphatic rings. The minimum absolute atomic E-state index is 0.0403. The molecule has 0 aromatic heterocycles. The molecule has 0 bridgehead atoms. The fraction of sp³-hybridized carbons (Fsp3) is 0.286. The molecule has 1 unspecified atom stereocenters. The number of hydrogen-bond acceptors (Lipinski definition) is 6. The maximum absolute atomic E-state index is 13.7. The second kappa shape index (κ2) is 11.8. The van der Waals surface area contributed by atoms with Crippen molar-refractivity contribution in [1.82, 2.24) is 0 Å². The van der Waals surface area contributed by atoms with Gasteiger partial charge in [-0.25, -0.2) is 8.42 Å². The molecule has 0 aliphatic carbocycles. The van der Waals surface area contributed by atoms with Crippen LogP contribution >= 0.6 is 0 Å². The van der Waals surface area contributed by atoms with Crippen LogP contribution in [0.4, 0.5) is 0 Å². The highest BCUT2D eigenvalue weighted by atomic mass is 32.2. The summed E-state index contributed by atoms with van der Waals surface area (Å²) < 4.78 is 38.2. The Balaban J connectivity index is 1.93. The summed E-state index contributed by atoms with van der Waals surface area (Å²) in [6, 6.07) is 24.3. The zero-order chi connectivity index (χ0) is 25.4. The molecule has 0 saturated carbocycles. The lowest BCUT2D eigenvalue weighted by molar-refractivity contribution is -0.164. The first-order valence-corrected chi connectivity index (χ1v) is 13.0. The van der Waals surface area contributed by atoms with E-state index in [0.717, 1.165) is 16.7 Å². The van der Waals surface area contributed by atoms with Crippen LogP contribution in [-0.2, 0) is 42.1 Å². The van der Waals surface area contributed by atoms with E-state index in [4.69, 9.17) is 9.47 Å². The smallest absolute Gasteiger partial charge is 0.322 e. The number of sulfone groups is 1. The Bertz CT molecular complexity index is 1160. The van der Waals surface area contributed by atoms with Gasteiger partial charge >= 0.3 is 11.9 Å². The summed E-state index contributed by atoms with van der Waals surface area (Å²) >= 11 is 0. The van der Waals surface area contributed by atoms with Crippen LogP contribution in [0.1, 0.15) is 30.5 Å². The van der Waals surface area contributed by atoms with Gasteiger partial charge in [-0.2, -0.15) is 0 Å². The fourth-order valence-corrected chi connectivity index (χ4v) is 5.94. The minimum atomic E-state index is -4.07. The van der Waals surface area contributed by atoms with Crippen LogP contribution in [-0.4, -0.2) is 25.6 Å². The van der Waals surface area contributed by atoms with Gasteiger partial charge in [-0.15, -0.1) is 0 Å². The molecule has 184 valence electrons. The largest absolute Gasteiger partial charge is 0.460 e. The quantitative estimate of drug-likeness (QED) is 0.294. The molecule has 6 nitrogen and oxygen atoms in total. The van der Waals surface area contributed by atoms with E-state index in [0.29, 0.717) is 0 Å². The van der Waals surface area contributed by atoms with Crippen LogP contribution in [0.3, 0.4) is 0 Å². The number of carbonyl (C=O) groups is 2. The standard InChI is InChI=1S/C28H30O6S/c1-20(2)26(35(31,32)24-16-14-21(3)15-17-24)25(27(29)33-18-22-10-6-4-7-11-22)28(30)34-19-23-12-8-5-9-13-23/h4-17,20,25-26H,18-19H2,1-3H3. The first-order chi connectivity index (χ1) is 16.7. The topological polar surface area (TPSA) is 86.7 Å². The monoisotopic (exact) mass is 494 g/mol. The molecule has 0 radical (unpaired) electrons. The lowest BCUT2D eigenvalue weighted by Crippen LogP contribution is -2.45. The Hall–Kier alpha value is -3.45. The Labute approximate surface area is 206 Å². The van der Waals surface area contributed by atoms with E-state index in [1.165, 1.54) is 12.1 Å². The van der Waals surface area contributed by atoms with Gasteiger partial charge in [0.15, 0.2) is 15.8 Å². The molecule has 0 N–H and O–H groups in total. The summed E-state index contributed by atoms with van der Waals surface area (Å²) in [5.41, 5.74) is 2.34. The predicted octanol–water partition coefficient (Wildman–Crippen LogP) is 4.90. The van der Waals surface area contributed by atoms with Gasteiger partial charge in [-0.3, -0.25) is 9.59 Å². The maximum atomic E-state index is 13.7. The molecule has 3 aromatic rings. The molecule has 3 rings (SSSR count). The third kappa shape index (κ3) is 6.79. The van der Waals surface area contributed by atoms with Crippen molar-refractivity contribution >= 4 is 21.8 Å². The van der Waals surface area contributed by atoms with Crippen molar-refractivity contribution in [1.29, 1.82) is 0 Å². The van der Waals surface area contributed by atoms with Gasteiger partial charge in [-0.1, -0.05) is 92.2 Å². The molecule has 0 saturated heterocycles. The Morgan fingerprint density at radius 1 is 0.714 bits per heavy atom. The fourth-order valence-electron chi connectivity index (χ4n) is 3.81. The Morgan fingerprint density at radius 2 is 1.14 bits per heavy atom. The number of carbonyl (C=O) groups excluding carboxylic acids is 2. The molecular formula is C28H30O6S. The second-order valence-electron chi connectivity index (χ2n) is 8.73. The van der Waals surface area contributed by atoms with Gasteiger partial charge in [0.05, 0.1) is 10.1 Å². The van der Waals surface area contributed by atoms with E-state index in [1.807, 2.05) is 19.1 Å². The summed E-state index contributed by atoms with van der Waals surface area (Å²) in [5, 5.41) is -1.36. The van der Waals surface area contributed by atoms with E-state index >= 15 is 0 Å². The molecule has 3 aromatic carbocycles. The zero-order valence-electron chi connectivity index (χ0n) is 20.1. The van der Waals surface area contributed by atoms with Crippen LogP contribution in [0, 0.1) is 18.8 Å². The first kappa shape index (κ1) is 26.2. The molecule has 0 amide bonds. The maximum Gasteiger partial charge on any atom is 0.322 e. The van der Waals surface area contributed by atoms with Crippen LogP contribution in [0.5, 0.6) is 0 Å². The molecule has 35 heavy (non-hydrogen) atoms. The van der Waals surface area contributed by atoms with Gasteiger partial charge in [0.2, 0.25) is 0 Å². The van der Waals surface area contributed by atoms with Crippen molar-refractivity contribution in [2.24, 2.45) is 11.8 Å². The highest BCUT2D eigenvalue weighted by molar-refractivity contribution is 7.92.